The molecular formula is C17H11FN4O3S. The minimum atomic E-state index is -3.86. The smallest absolute Gasteiger partial charge is 0.322 e. The van der Waals surface area contributed by atoms with Gasteiger partial charge in [0.15, 0.2) is 11.6 Å². The molecule has 26 heavy (non-hydrogen) atoms. The predicted molar refractivity (Wildman–Crippen MR) is 90.5 cm³/mol. The van der Waals surface area contributed by atoms with Crippen molar-refractivity contribution in [2.24, 2.45) is 0 Å². The Morgan fingerprint density at radius 3 is 2.31 bits per heavy atom. The quantitative estimate of drug-likeness (QED) is 0.740. The second kappa shape index (κ2) is 7.16. The topological polar surface area (TPSA) is 105 Å². The summed E-state index contributed by atoms with van der Waals surface area (Å²) in [7, 11) is -3.86. The van der Waals surface area contributed by atoms with Gasteiger partial charge in [-0.25, -0.2) is 22.8 Å². The van der Waals surface area contributed by atoms with Crippen molar-refractivity contribution in [3.63, 3.8) is 0 Å². The summed E-state index contributed by atoms with van der Waals surface area (Å²) < 4.78 is 45.6. The number of para-hydroxylation sites is 1. The number of hydrogen-bond acceptors (Lipinski definition) is 6. The van der Waals surface area contributed by atoms with Gasteiger partial charge < -0.3 is 4.74 Å². The molecule has 9 heteroatoms. The number of nitrogens with zero attached hydrogens (tertiary/aromatic N) is 3. The van der Waals surface area contributed by atoms with Crippen molar-refractivity contribution in [2.75, 3.05) is 4.72 Å². The molecule has 0 saturated carbocycles. The van der Waals surface area contributed by atoms with Gasteiger partial charge in [0.1, 0.15) is 0 Å². The molecule has 1 aromatic heterocycles. The van der Waals surface area contributed by atoms with Crippen LogP contribution in [0, 0.1) is 17.1 Å². The second-order valence-corrected chi connectivity index (χ2v) is 6.71. The summed E-state index contributed by atoms with van der Waals surface area (Å²) in [5, 5.41) is 8.75. The average molecular weight is 370 g/mol. The van der Waals surface area contributed by atoms with E-state index in [4.69, 9.17) is 10.00 Å². The number of anilines is 1. The molecule has 0 fully saturated rings. The number of sulfonamides is 1. The number of nitrogens with one attached hydrogen (secondary N) is 1. The Hall–Kier alpha value is -3.51. The van der Waals surface area contributed by atoms with Crippen LogP contribution in [0.4, 0.5) is 10.1 Å². The minimum absolute atomic E-state index is 0.0109. The number of aromatic nitrogens is 2. The van der Waals surface area contributed by atoms with Gasteiger partial charge in [0.25, 0.3) is 10.0 Å². The number of halogens is 1. The zero-order chi connectivity index (χ0) is 18.6. The normalized spacial score (nSPS) is 10.8. The third kappa shape index (κ3) is 3.93. The fraction of sp³-hybridized carbons (Fsp3) is 0. The number of benzene rings is 2. The summed E-state index contributed by atoms with van der Waals surface area (Å²) >= 11 is 0. The molecule has 0 radical (unpaired) electrons. The Balaban J connectivity index is 1.74. The van der Waals surface area contributed by atoms with Crippen molar-refractivity contribution >= 4 is 15.7 Å². The highest BCUT2D eigenvalue weighted by molar-refractivity contribution is 7.92. The van der Waals surface area contributed by atoms with Crippen molar-refractivity contribution in [1.82, 2.24) is 9.97 Å². The molecule has 1 N–H and O–H groups in total. The SMILES string of the molecule is N#Cc1ccc(S(=O)(=O)Nc2cnc(Oc3ccccc3F)nc2)cc1. The van der Waals surface area contributed by atoms with E-state index in [-0.39, 0.29) is 22.3 Å². The number of hydrogen-bond donors (Lipinski definition) is 1. The van der Waals surface area contributed by atoms with Gasteiger partial charge in [0.05, 0.1) is 34.6 Å². The zero-order valence-corrected chi connectivity index (χ0v) is 13.9. The van der Waals surface area contributed by atoms with Crippen LogP contribution in [0.5, 0.6) is 11.8 Å². The van der Waals surface area contributed by atoms with Gasteiger partial charge in [-0.15, -0.1) is 0 Å². The summed E-state index contributed by atoms with van der Waals surface area (Å²) in [6.45, 7) is 0. The Labute approximate surface area is 148 Å². The first-order chi connectivity index (χ1) is 12.5. The average Bonchev–Trinajstić information content (AvgIpc) is 2.65. The Morgan fingerprint density at radius 1 is 1.04 bits per heavy atom. The van der Waals surface area contributed by atoms with Gasteiger partial charge in [-0.05, 0) is 36.4 Å². The van der Waals surface area contributed by atoms with E-state index in [1.165, 1.54) is 54.9 Å². The van der Waals surface area contributed by atoms with Crippen LogP contribution in [0.1, 0.15) is 5.56 Å². The lowest BCUT2D eigenvalue weighted by molar-refractivity contribution is 0.411. The van der Waals surface area contributed by atoms with Gasteiger partial charge in [0.2, 0.25) is 0 Å². The minimum Gasteiger partial charge on any atom is -0.421 e. The molecule has 0 aliphatic rings. The lowest BCUT2D eigenvalue weighted by atomic mass is 10.2. The van der Waals surface area contributed by atoms with Crippen molar-refractivity contribution in [2.45, 2.75) is 4.90 Å². The van der Waals surface area contributed by atoms with E-state index in [0.29, 0.717) is 5.56 Å². The van der Waals surface area contributed by atoms with E-state index in [9.17, 15) is 12.8 Å². The molecule has 130 valence electrons. The van der Waals surface area contributed by atoms with Crippen molar-refractivity contribution in [3.8, 4) is 17.8 Å². The van der Waals surface area contributed by atoms with E-state index in [1.54, 1.807) is 6.07 Å². The first-order valence-electron chi connectivity index (χ1n) is 7.25. The molecule has 0 amide bonds. The maximum Gasteiger partial charge on any atom is 0.322 e. The van der Waals surface area contributed by atoms with Crippen LogP contribution >= 0.6 is 0 Å². The van der Waals surface area contributed by atoms with E-state index in [0.717, 1.165) is 0 Å². The fourth-order valence-corrected chi connectivity index (χ4v) is 3.00. The highest BCUT2D eigenvalue weighted by Crippen LogP contribution is 2.22. The maximum absolute atomic E-state index is 13.5. The van der Waals surface area contributed by atoms with Crippen LogP contribution in [0.15, 0.2) is 65.8 Å². The Kier molecular flexibility index (Phi) is 4.77. The van der Waals surface area contributed by atoms with Crippen LogP contribution in [-0.2, 0) is 10.0 Å². The van der Waals surface area contributed by atoms with Gasteiger partial charge in [-0.1, -0.05) is 12.1 Å². The molecule has 0 bridgehead atoms. The van der Waals surface area contributed by atoms with E-state index in [1.807, 2.05) is 6.07 Å². The van der Waals surface area contributed by atoms with E-state index >= 15 is 0 Å². The highest BCUT2D eigenvalue weighted by Gasteiger charge is 2.15. The summed E-state index contributed by atoms with van der Waals surface area (Å²) in [5.41, 5.74) is 0.456. The van der Waals surface area contributed by atoms with Crippen LogP contribution in [-0.4, -0.2) is 18.4 Å². The third-order valence-electron chi connectivity index (χ3n) is 3.21. The van der Waals surface area contributed by atoms with Gasteiger partial charge >= 0.3 is 6.01 Å². The molecule has 0 aliphatic heterocycles. The lowest BCUT2D eigenvalue weighted by Gasteiger charge is -2.08. The Morgan fingerprint density at radius 2 is 1.69 bits per heavy atom. The standard InChI is InChI=1S/C17H11FN4O3S/c18-15-3-1-2-4-16(15)25-17-20-10-13(11-21-17)22-26(23,24)14-7-5-12(9-19)6-8-14/h1-8,10-11,22H. The Bertz CT molecular complexity index is 1060. The maximum atomic E-state index is 13.5. The van der Waals surface area contributed by atoms with Crippen molar-refractivity contribution < 1.29 is 17.5 Å². The molecule has 1 heterocycles. The van der Waals surface area contributed by atoms with Gasteiger partial charge in [-0.2, -0.15) is 5.26 Å². The third-order valence-corrected chi connectivity index (χ3v) is 4.61. The zero-order valence-electron chi connectivity index (χ0n) is 13.1. The van der Waals surface area contributed by atoms with E-state index < -0.39 is 15.8 Å². The molecule has 3 aromatic rings. The summed E-state index contributed by atoms with van der Waals surface area (Å²) in [5.74, 6) is -0.611. The van der Waals surface area contributed by atoms with Crippen LogP contribution in [0.3, 0.4) is 0 Å². The largest absolute Gasteiger partial charge is 0.421 e. The van der Waals surface area contributed by atoms with Crippen molar-refractivity contribution in [3.05, 3.63) is 72.3 Å². The second-order valence-electron chi connectivity index (χ2n) is 5.03. The monoisotopic (exact) mass is 370 g/mol. The molecule has 7 nitrogen and oxygen atoms in total. The van der Waals surface area contributed by atoms with Gasteiger partial charge in [0, 0.05) is 0 Å². The first kappa shape index (κ1) is 17.3. The first-order valence-corrected chi connectivity index (χ1v) is 8.74. The molecule has 0 atom stereocenters. The predicted octanol–water partition coefficient (Wildman–Crippen LogP) is 3.08. The summed E-state index contributed by atoms with van der Waals surface area (Å²) in [6.07, 6.45) is 2.40. The molecule has 0 spiro atoms. The molecular weight excluding hydrogens is 359 g/mol. The molecule has 0 unspecified atom stereocenters. The lowest BCUT2D eigenvalue weighted by Crippen LogP contribution is -2.13. The molecule has 3 rings (SSSR count). The molecule has 0 saturated heterocycles. The van der Waals surface area contributed by atoms with E-state index in [2.05, 4.69) is 14.7 Å². The molecule has 0 aliphatic carbocycles. The summed E-state index contributed by atoms with van der Waals surface area (Å²) in [6, 6.07) is 13.0. The van der Waals surface area contributed by atoms with Crippen LogP contribution in [0.2, 0.25) is 0 Å². The molecule has 2 aromatic carbocycles. The number of ether oxygens (including phenoxy) is 1. The van der Waals surface area contributed by atoms with Crippen LogP contribution in [0.25, 0.3) is 0 Å². The van der Waals surface area contributed by atoms with Crippen molar-refractivity contribution in [1.29, 1.82) is 5.26 Å². The number of rotatable bonds is 5. The fourth-order valence-electron chi connectivity index (χ4n) is 1.97. The number of nitriles is 1. The highest BCUT2D eigenvalue weighted by atomic mass is 32.2. The van der Waals surface area contributed by atoms with Gasteiger partial charge in [-0.3, -0.25) is 4.72 Å². The van der Waals surface area contributed by atoms with Crippen LogP contribution < -0.4 is 9.46 Å². The summed E-state index contributed by atoms with van der Waals surface area (Å²) in [4.78, 5) is 7.69.